The molecule has 2 rings (SSSR count). The lowest BCUT2D eigenvalue weighted by Gasteiger charge is -2.32. The Morgan fingerprint density at radius 3 is 2.48 bits per heavy atom. The molecule has 2 amide bonds. The van der Waals surface area contributed by atoms with Crippen LogP contribution in [-0.2, 0) is 12.8 Å². The van der Waals surface area contributed by atoms with E-state index in [1.165, 1.54) is 28.4 Å². The van der Waals surface area contributed by atoms with Crippen LogP contribution >= 0.6 is 11.3 Å². The van der Waals surface area contributed by atoms with Gasteiger partial charge < -0.3 is 15.3 Å². The minimum Gasteiger partial charge on any atom is -0.465 e. The highest BCUT2D eigenvalue weighted by molar-refractivity contribution is 7.09. The molecule has 6 nitrogen and oxygen atoms in total. The predicted molar refractivity (Wildman–Crippen MR) is 103 cm³/mol. The van der Waals surface area contributed by atoms with Crippen molar-refractivity contribution in [2.45, 2.75) is 39.2 Å². The normalized spacial score (nSPS) is 11.3. The van der Waals surface area contributed by atoms with Gasteiger partial charge in [0.1, 0.15) is 11.5 Å². The molecule has 0 spiro atoms. The Balaban J connectivity index is 1.84. The van der Waals surface area contributed by atoms with Gasteiger partial charge >= 0.3 is 6.09 Å². The van der Waals surface area contributed by atoms with Crippen molar-refractivity contribution in [2.75, 3.05) is 13.1 Å². The third-order valence-electron chi connectivity index (χ3n) is 3.99. The average Bonchev–Trinajstić information content (AvgIpc) is 3.04. The molecule has 0 aliphatic heterocycles. The molecule has 1 heterocycles. The van der Waals surface area contributed by atoms with E-state index in [4.69, 9.17) is 0 Å². The Labute approximate surface area is 162 Å². The number of hydrogen-bond donors (Lipinski definition) is 2. The molecular weight excluding hydrogens is 369 g/mol. The van der Waals surface area contributed by atoms with E-state index >= 15 is 0 Å². The number of carboxylic acid groups (broad SMARTS) is 1. The summed E-state index contributed by atoms with van der Waals surface area (Å²) in [4.78, 5) is 29.2. The van der Waals surface area contributed by atoms with Crippen LogP contribution in [0.4, 0.5) is 9.18 Å². The van der Waals surface area contributed by atoms with E-state index in [1.807, 2.05) is 20.8 Å². The molecule has 0 aliphatic rings. The first-order valence-electron chi connectivity index (χ1n) is 8.64. The summed E-state index contributed by atoms with van der Waals surface area (Å²) in [6.07, 6.45) is 0.0806. The van der Waals surface area contributed by atoms with Crippen molar-refractivity contribution in [1.29, 1.82) is 0 Å². The largest absolute Gasteiger partial charge is 0.465 e. The quantitative estimate of drug-likeness (QED) is 0.753. The van der Waals surface area contributed by atoms with E-state index < -0.39 is 11.6 Å². The number of nitrogens with zero attached hydrogens (tertiary/aromatic N) is 2. The predicted octanol–water partition coefficient (Wildman–Crippen LogP) is 3.58. The molecule has 1 aromatic heterocycles. The van der Waals surface area contributed by atoms with Crippen molar-refractivity contribution in [2.24, 2.45) is 0 Å². The molecule has 2 aromatic rings. The highest BCUT2D eigenvalue weighted by atomic mass is 32.1. The zero-order chi connectivity index (χ0) is 20.0. The van der Waals surface area contributed by atoms with Gasteiger partial charge in [-0.3, -0.25) is 4.79 Å². The third-order valence-corrected chi connectivity index (χ3v) is 4.90. The molecule has 146 valence electrons. The Kier molecular flexibility index (Phi) is 6.90. The number of halogens is 1. The standard InChI is InChI=1S/C19H24FN3O3S/c1-19(2,3)23(18(25)26)11-9-16-22-15(12-27-16)17(24)21-10-8-13-4-6-14(20)7-5-13/h4-7,12H,8-11H2,1-3H3,(H,21,24)(H,25,26). The van der Waals surface area contributed by atoms with E-state index in [9.17, 15) is 19.1 Å². The van der Waals surface area contributed by atoms with Crippen molar-refractivity contribution in [3.05, 3.63) is 51.7 Å². The summed E-state index contributed by atoms with van der Waals surface area (Å²) in [6, 6.07) is 6.15. The number of thiazole rings is 1. The molecule has 0 unspecified atom stereocenters. The van der Waals surface area contributed by atoms with Gasteiger partial charge in [0, 0.05) is 30.4 Å². The zero-order valence-corrected chi connectivity index (χ0v) is 16.5. The minimum atomic E-state index is -0.974. The van der Waals surface area contributed by atoms with E-state index in [2.05, 4.69) is 10.3 Å². The highest BCUT2D eigenvalue weighted by Gasteiger charge is 2.26. The van der Waals surface area contributed by atoms with Crippen molar-refractivity contribution >= 4 is 23.3 Å². The summed E-state index contributed by atoms with van der Waals surface area (Å²) < 4.78 is 12.9. The van der Waals surface area contributed by atoms with Crippen LogP contribution in [0.2, 0.25) is 0 Å². The lowest BCUT2D eigenvalue weighted by molar-refractivity contribution is 0.0945. The number of hydrogen-bond acceptors (Lipinski definition) is 4. The van der Waals surface area contributed by atoms with Gasteiger partial charge in [-0.05, 0) is 44.9 Å². The fraction of sp³-hybridized carbons (Fsp3) is 0.421. The summed E-state index contributed by atoms with van der Waals surface area (Å²) in [5.74, 6) is -0.559. The van der Waals surface area contributed by atoms with Gasteiger partial charge in [0.15, 0.2) is 0 Å². The lowest BCUT2D eigenvalue weighted by Crippen LogP contribution is -2.45. The van der Waals surface area contributed by atoms with Crippen LogP contribution in [0.3, 0.4) is 0 Å². The Morgan fingerprint density at radius 2 is 1.89 bits per heavy atom. The Hall–Kier alpha value is -2.48. The average molecular weight is 393 g/mol. The summed E-state index contributed by atoms with van der Waals surface area (Å²) in [5.41, 5.74) is 0.766. The Bertz CT molecular complexity index is 784. The first kappa shape index (κ1) is 20.8. The SMILES string of the molecule is CC(C)(C)N(CCc1nc(C(=O)NCCc2ccc(F)cc2)cs1)C(=O)O. The van der Waals surface area contributed by atoms with Crippen molar-refractivity contribution < 1.29 is 19.1 Å². The molecule has 2 N–H and O–H groups in total. The number of aromatic nitrogens is 1. The number of benzene rings is 1. The van der Waals surface area contributed by atoms with Gasteiger partial charge in [-0.1, -0.05) is 12.1 Å². The van der Waals surface area contributed by atoms with Gasteiger partial charge in [0.25, 0.3) is 5.91 Å². The summed E-state index contributed by atoms with van der Waals surface area (Å²) in [5, 5.41) is 14.5. The van der Waals surface area contributed by atoms with Gasteiger partial charge in [-0.2, -0.15) is 0 Å². The maximum Gasteiger partial charge on any atom is 0.407 e. The topological polar surface area (TPSA) is 82.5 Å². The van der Waals surface area contributed by atoms with Crippen molar-refractivity contribution in [3.63, 3.8) is 0 Å². The minimum absolute atomic E-state index is 0.273. The number of carbonyl (C=O) groups excluding carboxylic acids is 1. The van der Waals surface area contributed by atoms with Gasteiger partial charge in [0.2, 0.25) is 0 Å². The molecule has 27 heavy (non-hydrogen) atoms. The maximum absolute atomic E-state index is 12.9. The molecule has 8 heteroatoms. The first-order chi connectivity index (χ1) is 12.7. The van der Waals surface area contributed by atoms with Crippen LogP contribution in [0.25, 0.3) is 0 Å². The Morgan fingerprint density at radius 1 is 1.22 bits per heavy atom. The van der Waals surface area contributed by atoms with Gasteiger partial charge in [-0.25, -0.2) is 14.2 Å². The van der Waals surface area contributed by atoms with E-state index in [0.29, 0.717) is 36.6 Å². The van der Waals surface area contributed by atoms with Gasteiger partial charge in [0.05, 0.1) is 5.01 Å². The molecular formula is C19H24FN3O3S. The number of rotatable bonds is 7. The second-order valence-corrected chi connectivity index (χ2v) is 8.06. The van der Waals surface area contributed by atoms with Crippen LogP contribution in [0.1, 0.15) is 41.8 Å². The van der Waals surface area contributed by atoms with E-state index in [-0.39, 0.29) is 11.7 Å². The second kappa shape index (κ2) is 8.94. The summed E-state index contributed by atoms with van der Waals surface area (Å²) in [6.45, 7) is 6.25. The molecule has 0 atom stereocenters. The zero-order valence-electron chi connectivity index (χ0n) is 15.7. The first-order valence-corrected chi connectivity index (χ1v) is 9.52. The second-order valence-electron chi connectivity index (χ2n) is 7.11. The maximum atomic E-state index is 12.9. The van der Waals surface area contributed by atoms with Crippen molar-refractivity contribution in [1.82, 2.24) is 15.2 Å². The highest BCUT2D eigenvalue weighted by Crippen LogP contribution is 2.16. The van der Waals surface area contributed by atoms with Crippen LogP contribution in [-0.4, -0.2) is 45.6 Å². The van der Waals surface area contributed by atoms with Crippen LogP contribution in [0.15, 0.2) is 29.6 Å². The molecule has 0 radical (unpaired) electrons. The summed E-state index contributed by atoms with van der Waals surface area (Å²) >= 11 is 1.34. The molecule has 0 bridgehead atoms. The molecule has 1 aromatic carbocycles. The summed E-state index contributed by atoms with van der Waals surface area (Å²) in [7, 11) is 0. The van der Waals surface area contributed by atoms with E-state index in [0.717, 1.165) is 5.56 Å². The van der Waals surface area contributed by atoms with Crippen molar-refractivity contribution in [3.8, 4) is 0 Å². The fourth-order valence-electron chi connectivity index (χ4n) is 2.52. The molecule has 0 saturated carbocycles. The molecule has 0 saturated heterocycles. The van der Waals surface area contributed by atoms with Gasteiger partial charge in [-0.15, -0.1) is 11.3 Å². The molecule has 0 fully saturated rings. The fourth-order valence-corrected chi connectivity index (χ4v) is 3.29. The third kappa shape index (κ3) is 6.32. The lowest BCUT2D eigenvalue weighted by atomic mass is 10.1. The number of amides is 2. The monoisotopic (exact) mass is 393 g/mol. The molecule has 0 aliphatic carbocycles. The smallest absolute Gasteiger partial charge is 0.407 e. The van der Waals surface area contributed by atoms with Crippen LogP contribution in [0, 0.1) is 5.82 Å². The number of nitrogens with one attached hydrogen (secondary N) is 1. The number of carbonyl (C=O) groups is 2. The van der Waals surface area contributed by atoms with Crippen LogP contribution < -0.4 is 5.32 Å². The van der Waals surface area contributed by atoms with Crippen LogP contribution in [0.5, 0.6) is 0 Å². The van der Waals surface area contributed by atoms with E-state index in [1.54, 1.807) is 17.5 Å².